The van der Waals surface area contributed by atoms with Crippen LogP contribution < -0.4 is 0 Å². The second kappa shape index (κ2) is 4.45. The summed E-state index contributed by atoms with van der Waals surface area (Å²) in [5, 5.41) is 0. The molecule has 0 bridgehead atoms. The standard InChI is InChI=1S/C10H19NO2S/c1-4-7-14(12,13)11-6-5-9(2)10(3)8-11/h4-8H2,1-3H3. The number of hydrogen-bond acceptors (Lipinski definition) is 2. The van der Waals surface area contributed by atoms with E-state index in [2.05, 4.69) is 6.92 Å². The van der Waals surface area contributed by atoms with E-state index in [4.69, 9.17) is 0 Å². The Labute approximate surface area is 86.8 Å². The number of hydrogen-bond donors (Lipinski definition) is 0. The third-order valence-corrected chi connectivity index (χ3v) is 4.76. The van der Waals surface area contributed by atoms with Crippen molar-refractivity contribution < 1.29 is 8.42 Å². The molecule has 0 aromatic carbocycles. The van der Waals surface area contributed by atoms with Crippen LogP contribution in [-0.2, 0) is 10.0 Å². The van der Waals surface area contributed by atoms with Crippen molar-refractivity contribution >= 4 is 10.0 Å². The fourth-order valence-corrected chi connectivity index (χ4v) is 3.14. The van der Waals surface area contributed by atoms with E-state index in [9.17, 15) is 8.42 Å². The first-order valence-corrected chi connectivity index (χ1v) is 6.71. The van der Waals surface area contributed by atoms with Crippen molar-refractivity contribution in [1.82, 2.24) is 4.31 Å². The van der Waals surface area contributed by atoms with E-state index < -0.39 is 10.0 Å². The number of rotatable bonds is 3. The first-order chi connectivity index (χ1) is 6.47. The molecule has 3 nitrogen and oxygen atoms in total. The van der Waals surface area contributed by atoms with Crippen LogP contribution in [0.3, 0.4) is 0 Å². The Bertz CT molecular complexity index is 330. The first kappa shape index (κ1) is 11.7. The van der Waals surface area contributed by atoms with E-state index in [1.165, 1.54) is 11.1 Å². The monoisotopic (exact) mass is 217 g/mol. The summed E-state index contributed by atoms with van der Waals surface area (Å²) in [6.45, 7) is 7.25. The van der Waals surface area contributed by atoms with Crippen LogP contribution in [-0.4, -0.2) is 31.6 Å². The fraction of sp³-hybridized carbons (Fsp3) is 0.800. The molecule has 1 aliphatic rings. The van der Waals surface area contributed by atoms with Gasteiger partial charge in [-0.2, -0.15) is 4.31 Å². The minimum atomic E-state index is -2.99. The van der Waals surface area contributed by atoms with Crippen LogP contribution in [0.25, 0.3) is 0 Å². The predicted octanol–water partition coefficient (Wildman–Crippen LogP) is 1.77. The van der Waals surface area contributed by atoms with Crippen LogP contribution in [0.1, 0.15) is 33.6 Å². The van der Waals surface area contributed by atoms with Gasteiger partial charge in [-0.15, -0.1) is 0 Å². The molecule has 4 heteroatoms. The first-order valence-electron chi connectivity index (χ1n) is 5.10. The zero-order valence-electron chi connectivity index (χ0n) is 9.21. The molecule has 1 rings (SSSR count). The van der Waals surface area contributed by atoms with Gasteiger partial charge in [0.25, 0.3) is 0 Å². The quantitative estimate of drug-likeness (QED) is 0.676. The van der Waals surface area contributed by atoms with Crippen molar-refractivity contribution in [1.29, 1.82) is 0 Å². The second-order valence-electron chi connectivity index (χ2n) is 3.96. The van der Waals surface area contributed by atoms with Gasteiger partial charge in [0.15, 0.2) is 0 Å². The molecule has 0 amide bonds. The zero-order valence-corrected chi connectivity index (χ0v) is 10.0. The second-order valence-corrected chi connectivity index (χ2v) is 6.05. The molecular formula is C10H19NO2S. The highest BCUT2D eigenvalue weighted by molar-refractivity contribution is 7.89. The molecular weight excluding hydrogens is 198 g/mol. The van der Waals surface area contributed by atoms with Crippen molar-refractivity contribution in [2.24, 2.45) is 0 Å². The smallest absolute Gasteiger partial charge is 0.212 e. The molecule has 0 N–H and O–H groups in total. The minimum absolute atomic E-state index is 0.277. The van der Waals surface area contributed by atoms with Crippen LogP contribution >= 0.6 is 0 Å². The number of nitrogens with zero attached hydrogens (tertiary/aromatic N) is 1. The maximum Gasteiger partial charge on any atom is 0.214 e. The molecule has 0 spiro atoms. The van der Waals surface area contributed by atoms with Gasteiger partial charge in [0.2, 0.25) is 10.0 Å². The van der Waals surface area contributed by atoms with E-state index >= 15 is 0 Å². The summed E-state index contributed by atoms with van der Waals surface area (Å²) in [5.41, 5.74) is 2.55. The van der Waals surface area contributed by atoms with E-state index in [-0.39, 0.29) is 5.75 Å². The molecule has 1 heterocycles. The van der Waals surface area contributed by atoms with Crippen molar-refractivity contribution in [3.63, 3.8) is 0 Å². The Kier molecular flexibility index (Phi) is 3.72. The Balaban J connectivity index is 2.75. The van der Waals surface area contributed by atoms with Crippen LogP contribution in [0.2, 0.25) is 0 Å². The van der Waals surface area contributed by atoms with Gasteiger partial charge in [-0.1, -0.05) is 18.1 Å². The highest BCUT2D eigenvalue weighted by atomic mass is 32.2. The molecule has 0 aromatic heterocycles. The van der Waals surface area contributed by atoms with Crippen LogP contribution in [0.15, 0.2) is 11.1 Å². The molecule has 0 aromatic rings. The highest BCUT2D eigenvalue weighted by Crippen LogP contribution is 2.19. The molecule has 0 radical (unpaired) electrons. The topological polar surface area (TPSA) is 37.4 Å². The maximum absolute atomic E-state index is 11.7. The molecule has 0 unspecified atom stereocenters. The van der Waals surface area contributed by atoms with E-state index in [0.29, 0.717) is 19.5 Å². The van der Waals surface area contributed by atoms with E-state index in [0.717, 1.165) is 6.42 Å². The number of sulfonamides is 1. The van der Waals surface area contributed by atoms with Gasteiger partial charge < -0.3 is 0 Å². The average molecular weight is 217 g/mol. The van der Waals surface area contributed by atoms with Crippen LogP contribution in [0.4, 0.5) is 0 Å². The van der Waals surface area contributed by atoms with Crippen molar-refractivity contribution in [2.75, 3.05) is 18.8 Å². The Hall–Kier alpha value is -0.350. The van der Waals surface area contributed by atoms with Crippen molar-refractivity contribution in [3.8, 4) is 0 Å². The SMILES string of the molecule is CCCS(=O)(=O)N1CCC(C)=C(C)C1. The summed E-state index contributed by atoms with van der Waals surface area (Å²) in [5.74, 6) is 0.277. The Morgan fingerprint density at radius 1 is 1.29 bits per heavy atom. The van der Waals surface area contributed by atoms with Gasteiger partial charge in [0, 0.05) is 13.1 Å². The lowest BCUT2D eigenvalue weighted by molar-refractivity contribution is 0.420. The average Bonchev–Trinajstić information content (AvgIpc) is 2.09. The van der Waals surface area contributed by atoms with Gasteiger partial charge in [0.1, 0.15) is 0 Å². The van der Waals surface area contributed by atoms with Gasteiger partial charge in [-0.05, 0) is 26.7 Å². The highest BCUT2D eigenvalue weighted by Gasteiger charge is 2.24. The lowest BCUT2D eigenvalue weighted by Crippen LogP contribution is -2.37. The molecule has 0 atom stereocenters. The minimum Gasteiger partial charge on any atom is -0.212 e. The molecule has 0 saturated carbocycles. The molecule has 0 aliphatic carbocycles. The van der Waals surface area contributed by atoms with Gasteiger partial charge >= 0.3 is 0 Å². The summed E-state index contributed by atoms with van der Waals surface area (Å²) in [6, 6.07) is 0. The molecule has 0 saturated heterocycles. The maximum atomic E-state index is 11.7. The predicted molar refractivity (Wildman–Crippen MR) is 58.6 cm³/mol. The summed E-state index contributed by atoms with van der Waals surface area (Å²) >= 11 is 0. The van der Waals surface area contributed by atoms with Gasteiger partial charge in [0.05, 0.1) is 5.75 Å². The summed E-state index contributed by atoms with van der Waals surface area (Å²) in [7, 11) is -2.99. The van der Waals surface area contributed by atoms with Gasteiger partial charge in [-0.25, -0.2) is 8.42 Å². The lowest BCUT2D eigenvalue weighted by atomic mass is 10.1. The van der Waals surface area contributed by atoms with Crippen LogP contribution in [0.5, 0.6) is 0 Å². The van der Waals surface area contributed by atoms with E-state index in [1.54, 1.807) is 4.31 Å². The Morgan fingerprint density at radius 3 is 2.43 bits per heavy atom. The summed E-state index contributed by atoms with van der Waals surface area (Å²) in [6.07, 6.45) is 1.58. The lowest BCUT2D eigenvalue weighted by Gasteiger charge is -2.27. The normalized spacial score (nSPS) is 20.2. The van der Waals surface area contributed by atoms with Crippen molar-refractivity contribution in [3.05, 3.63) is 11.1 Å². The van der Waals surface area contributed by atoms with E-state index in [1.807, 2.05) is 13.8 Å². The van der Waals surface area contributed by atoms with Crippen molar-refractivity contribution in [2.45, 2.75) is 33.6 Å². The zero-order chi connectivity index (χ0) is 10.8. The molecule has 82 valence electrons. The largest absolute Gasteiger partial charge is 0.214 e. The molecule has 1 aliphatic heterocycles. The third kappa shape index (κ3) is 2.58. The molecule has 14 heavy (non-hydrogen) atoms. The third-order valence-electron chi connectivity index (χ3n) is 2.73. The summed E-state index contributed by atoms with van der Waals surface area (Å²) < 4.78 is 25.1. The summed E-state index contributed by atoms with van der Waals surface area (Å²) in [4.78, 5) is 0. The fourth-order valence-electron chi connectivity index (χ4n) is 1.61. The Morgan fingerprint density at radius 2 is 1.93 bits per heavy atom. The van der Waals surface area contributed by atoms with Crippen LogP contribution in [0, 0.1) is 0 Å². The van der Waals surface area contributed by atoms with Gasteiger partial charge in [-0.3, -0.25) is 0 Å². The molecule has 0 fully saturated rings.